The number of hydrogen-bond donors (Lipinski definition) is 1. The Labute approximate surface area is 266 Å². The van der Waals surface area contributed by atoms with Crippen LogP contribution in [0.2, 0.25) is 0 Å². The Morgan fingerprint density at radius 1 is 0.935 bits per heavy atom. The summed E-state index contributed by atoms with van der Waals surface area (Å²) < 4.78 is 40.0. The van der Waals surface area contributed by atoms with Gasteiger partial charge in [0.1, 0.15) is 17.8 Å². The summed E-state index contributed by atoms with van der Waals surface area (Å²) >= 11 is 0. The molecule has 0 radical (unpaired) electrons. The molecular formula is C36H38O10. The molecule has 3 heterocycles. The van der Waals surface area contributed by atoms with Crippen molar-refractivity contribution >= 4 is 17.7 Å². The van der Waals surface area contributed by atoms with Gasteiger partial charge in [0.05, 0.1) is 17.3 Å². The van der Waals surface area contributed by atoms with Crippen LogP contribution in [0.15, 0.2) is 72.8 Å². The van der Waals surface area contributed by atoms with Crippen LogP contribution >= 0.6 is 0 Å². The lowest BCUT2D eigenvalue weighted by Crippen LogP contribution is -2.76. The van der Waals surface area contributed by atoms with Crippen molar-refractivity contribution in [2.24, 2.45) is 23.7 Å². The molecule has 2 aromatic rings. The van der Waals surface area contributed by atoms with Crippen molar-refractivity contribution in [3.8, 4) is 0 Å². The number of ketones is 1. The maximum atomic E-state index is 14.2. The lowest BCUT2D eigenvalue weighted by molar-refractivity contribution is -0.443. The van der Waals surface area contributed by atoms with E-state index in [4.69, 9.17) is 28.4 Å². The van der Waals surface area contributed by atoms with Gasteiger partial charge in [-0.2, -0.15) is 0 Å². The topological polar surface area (TPSA) is 130 Å². The lowest BCUT2D eigenvalue weighted by Gasteiger charge is -2.61. The number of carbonyl (C=O) groups excluding carboxylic acids is 3. The van der Waals surface area contributed by atoms with Gasteiger partial charge in [0.25, 0.3) is 0 Å². The third-order valence-corrected chi connectivity index (χ3v) is 11.7. The van der Waals surface area contributed by atoms with Crippen molar-refractivity contribution in [2.75, 3.05) is 0 Å². The molecule has 3 saturated carbocycles. The monoisotopic (exact) mass is 630 g/mol. The summed E-state index contributed by atoms with van der Waals surface area (Å²) in [5, 5.41) is 12.8. The van der Waals surface area contributed by atoms with E-state index >= 15 is 0 Å². The van der Waals surface area contributed by atoms with E-state index in [-0.39, 0.29) is 6.42 Å². The van der Waals surface area contributed by atoms with Gasteiger partial charge in [-0.1, -0.05) is 69.0 Å². The van der Waals surface area contributed by atoms with E-state index in [0.717, 1.165) is 0 Å². The summed E-state index contributed by atoms with van der Waals surface area (Å²) in [5.41, 5.74) is -4.77. The maximum absolute atomic E-state index is 14.2. The van der Waals surface area contributed by atoms with Crippen LogP contribution in [0.3, 0.4) is 0 Å². The smallest absolute Gasteiger partial charge is 0.338 e. The molecule has 0 aromatic heterocycles. The summed E-state index contributed by atoms with van der Waals surface area (Å²) in [5.74, 6) is -6.28. The van der Waals surface area contributed by atoms with Crippen molar-refractivity contribution in [1.82, 2.24) is 0 Å². The van der Waals surface area contributed by atoms with Gasteiger partial charge < -0.3 is 33.5 Å². The first-order valence-corrected chi connectivity index (χ1v) is 15.9. The Kier molecular flexibility index (Phi) is 6.09. The van der Waals surface area contributed by atoms with E-state index in [1.165, 1.54) is 6.92 Å². The Hall–Kier alpha value is -3.41. The van der Waals surface area contributed by atoms with E-state index < -0.39 is 94.2 Å². The molecule has 10 heteroatoms. The van der Waals surface area contributed by atoms with E-state index in [1.54, 1.807) is 38.1 Å². The number of esters is 2. The Morgan fingerprint density at radius 2 is 1.59 bits per heavy atom. The van der Waals surface area contributed by atoms with Gasteiger partial charge >= 0.3 is 17.9 Å². The fraction of sp³-hybridized carbons (Fsp3) is 0.528. The van der Waals surface area contributed by atoms with Crippen molar-refractivity contribution in [2.45, 2.75) is 93.8 Å². The number of aliphatic hydroxyl groups is 1. The average Bonchev–Trinajstić information content (AvgIpc) is 3.58. The number of benzene rings is 2. The Bertz CT molecular complexity index is 1660. The zero-order chi connectivity index (χ0) is 32.6. The van der Waals surface area contributed by atoms with E-state index in [9.17, 15) is 19.5 Å². The predicted molar refractivity (Wildman–Crippen MR) is 160 cm³/mol. The highest BCUT2D eigenvalue weighted by molar-refractivity contribution is 5.93. The zero-order valence-corrected chi connectivity index (χ0v) is 26.4. The number of carbonyl (C=O) groups is 3. The quantitative estimate of drug-likeness (QED) is 0.296. The molecule has 8 rings (SSSR count). The molecule has 13 atom stereocenters. The normalized spacial score (nSPS) is 47.7. The molecular weight excluding hydrogens is 592 g/mol. The molecule has 46 heavy (non-hydrogen) atoms. The predicted octanol–water partition coefficient (Wildman–Crippen LogP) is 3.85. The summed E-state index contributed by atoms with van der Waals surface area (Å²) in [7, 11) is 0. The first kappa shape index (κ1) is 30.0. The van der Waals surface area contributed by atoms with Crippen LogP contribution in [0.1, 0.15) is 57.0 Å². The SMILES string of the molecule is C=C(C)[C@@]12O[C@@]3(c4ccccc4)O[C@@H]1[C@@H]1[C@@H]4O[C@]4(C)[C@@H](OC(C)=O)[C@]4(O)C(=O)[C@@H](C)C[C@H]4[C@@]1(O3)[C@H](C)[C@@H]2OC(=O)c1ccccc1. The highest BCUT2D eigenvalue weighted by atomic mass is 16.9. The van der Waals surface area contributed by atoms with Gasteiger partial charge in [-0.05, 0) is 38.0 Å². The maximum Gasteiger partial charge on any atom is 0.338 e. The molecule has 10 nitrogen and oxygen atoms in total. The number of epoxide rings is 1. The molecule has 242 valence electrons. The van der Waals surface area contributed by atoms with Crippen LogP contribution in [-0.4, -0.2) is 69.6 Å². The van der Waals surface area contributed by atoms with Crippen LogP contribution in [0.25, 0.3) is 0 Å². The van der Waals surface area contributed by atoms with Crippen LogP contribution in [-0.2, 0) is 44.0 Å². The van der Waals surface area contributed by atoms with Gasteiger partial charge in [0, 0.05) is 36.2 Å². The lowest BCUT2D eigenvalue weighted by atomic mass is 9.52. The molecule has 2 aromatic carbocycles. The number of fused-ring (bicyclic) bond motifs is 3. The summed E-state index contributed by atoms with van der Waals surface area (Å²) in [4.78, 5) is 40.6. The summed E-state index contributed by atoms with van der Waals surface area (Å²) in [6.45, 7) is 12.8. The van der Waals surface area contributed by atoms with Crippen LogP contribution in [0.5, 0.6) is 0 Å². The molecule has 1 N–H and O–H groups in total. The van der Waals surface area contributed by atoms with Crippen LogP contribution in [0, 0.1) is 23.7 Å². The van der Waals surface area contributed by atoms with E-state index in [1.807, 2.05) is 50.2 Å². The van der Waals surface area contributed by atoms with E-state index in [0.29, 0.717) is 16.7 Å². The van der Waals surface area contributed by atoms with Gasteiger partial charge in [0.2, 0.25) is 0 Å². The number of rotatable bonds is 5. The minimum atomic E-state index is -2.18. The highest BCUT2D eigenvalue weighted by Crippen LogP contribution is 2.75. The Balaban J connectivity index is 1.40. The van der Waals surface area contributed by atoms with Gasteiger partial charge in [0.15, 0.2) is 23.1 Å². The summed E-state index contributed by atoms with van der Waals surface area (Å²) in [6, 6.07) is 17.9. The molecule has 3 saturated heterocycles. The summed E-state index contributed by atoms with van der Waals surface area (Å²) in [6.07, 6.45) is -3.60. The van der Waals surface area contributed by atoms with Gasteiger partial charge in [-0.3, -0.25) is 9.59 Å². The Morgan fingerprint density at radius 3 is 2.22 bits per heavy atom. The minimum absolute atomic E-state index is 0.230. The second kappa shape index (κ2) is 9.35. The standard InChI is InChI=1S/C36H38O10/c1-18(2)34-27(42-30(39)22-13-9-7-10-14-22)20(4)35-24-17-19(3)26(38)33(24,40)31(41-21(5)37)32(6)28(43-32)25(35)29(34)44-36(45-34,46-35)23-15-11-8-12-16-23/h7-16,19-20,24-25,27-29,31,40H,1,17H2,2-6H3/t19-,20+,24+,25-,27-,28-,29+,31+,32-,33+,34-,35-,36+/m0/s1. The average molecular weight is 631 g/mol. The molecule has 0 amide bonds. The number of ether oxygens (including phenoxy) is 6. The second-order valence-corrected chi connectivity index (χ2v) is 14.2. The molecule has 3 aliphatic heterocycles. The third-order valence-electron chi connectivity index (χ3n) is 11.7. The van der Waals surface area contributed by atoms with Crippen LogP contribution in [0.4, 0.5) is 0 Å². The molecule has 6 aliphatic rings. The highest BCUT2D eigenvalue weighted by Gasteiger charge is 2.91. The molecule has 0 unspecified atom stereocenters. The third kappa shape index (κ3) is 3.41. The van der Waals surface area contributed by atoms with Crippen LogP contribution < -0.4 is 0 Å². The minimum Gasteiger partial charge on any atom is -0.456 e. The van der Waals surface area contributed by atoms with E-state index in [2.05, 4.69) is 6.58 Å². The van der Waals surface area contributed by atoms with Crippen molar-refractivity contribution < 1.29 is 47.9 Å². The van der Waals surface area contributed by atoms with Gasteiger partial charge in [-0.25, -0.2) is 4.79 Å². The number of hydrogen-bond acceptors (Lipinski definition) is 10. The fourth-order valence-corrected chi connectivity index (χ4v) is 9.81. The molecule has 6 fully saturated rings. The fourth-order valence-electron chi connectivity index (χ4n) is 9.81. The molecule has 0 spiro atoms. The molecule has 3 aliphatic carbocycles. The first-order chi connectivity index (χ1) is 21.8. The first-order valence-electron chi connectivity index (χ1n) is 15.9. The van der Waals surface area contributed by atoms with Gasteiger partial charge in [-0.15, -0.1) is 0 Å². The molecule has 3 bridgehead atoms. The number of Topliss-reactive ketones (excluding diaryl/α,β-unsaturated/α-hetero) is 1. The van der Waals surface area contributed by atoms with Crippen molar-refractivity contribution in [3.63, 3.8) is 0 Å². The largest absolute Gasteiger partial charge is 0.456 e. The second-order valence-electron chi connectivity index (χ2n) is 14.2. The zero-order valence-electron chi connectivity index (χ0n) is 26.4. The van der Waals surface area contributed by atoms with Crippen molar-refractivity contribution in [1.29, 1.82) is 0 Å². The van der Waals surface area contributed by atoms with Crippen molar-refractivity contribution in [3.05, 3.63) is 83.9 Å².